The minimum atomic E-state index is 0.180. The Morgan fingerprint density at radius 2 is 2.12 bits per heavy atom. The zero-order valence-corrected chi connectivity index (χ0v) is 12.1. The first-order valence-corrected chi connectivity index (χ1v) is 6.48. The lowest BCUT2D eigenvalue weighted by atomic mass is 10.1. The zero-order chi connectivity index (χ0) is 12.1. The lowest BCUT2D eigenvalue weighted by Crippen LogP contribution is -2.12. The standard InChI is InChI=1S/C11H18IN3O/c1-4-5-8-9(12)10(13)15-11(14-8)7(2)6-16-3/h7H,4-6H2,1-3H3,(H2,13,14,15). The molecule has 0 fully saturated rings. The van der Waals surface area contributed by atoms with Crippen LogP contribution < -0.4 is 5.73 Å². The predicted octanol–water partition coefficient (Wildman–Crippen LogP) is 2.37. The normalized spacial score (nSPS) is 12.8. The number of anilines is 1. The van der Waals surface area contributed by atoms with Crippen LogP contribution in [0.15, 0.2) is 0 Å². The van der Waals surface area contributed by atoms with Crippen molar-refractivity contribution in [2.45, 2.75) is 32.6 Å². The molecule has 0 saturated heterocycles. The number of halogens is 1. The second-order valence-corrected chi connectivity index (χ2v) is 4.91. The van der Waals surface area contributed by atoms with E-state index < -0.39 is 0 Å². The van der Waals surface area contributed by atoms with Gasteiger partial charge in [0.2, 0.25) is 0 Å². The quantitative estimate of drug-likeness (QED) is 0.840. The molecule has 16 heavy (non-hydrogen) atoms. The molecule has 90 valence electrons. The summed E-state index contributed by atoms with van der Waals surface area (Å²) in [4.78, 5) is 8.88. The lowest BCUT2D eigenvalue weighted by molar-refractivity contribution is 0.181. The first kappa shape index (κ1) is 13.6. The average molecular weight is 335 g/mol. The van der Waals surface area contributed by atoms with Crippen molar-refractivity contribution in [2.75, 3.05) is 19.5 Å². The fourth-order valence-corrected chi connectivity index (χ4v) is 1.99. The van der Waals surface area contributed by atoms with Crippen LogP contribution in [0.5, 0.6) is 0 Å². The van der Waals surface area contributed by atoms with Crippen LogP contribution in [-0.2, 0) is 11.2 Å². The number of aryl methyl sites for hydroxylation is 1. The molecule has 0 aromatic carbocycles. The van der Waals surface area contributed by atoms with Gasteiger partial charge < -0.3 is 10.5 Å². The van der Waals surface area contributed by atoms with E-state index in [0.29, 0.717) is 12.4 Å². The number of aromatic nitrogens is 2. The molecule has 0 radical (unpaired) electrons. The van der Waals surface area contributed by atoms with E-state index in [4.69, 9.17) is 10.5 Å². The summed E-state index contributed by atoms with van der Waals surface area (Å²) in [6.45, 7) is 4.79. The van der Waals surface area contributed by atoms with Gasteiger partial charge in [-0.25, -0.2) is 9.97 Å². The van der Waals surface area contributed by atoms with Gasteiger partial charge in [-0.1, -0.05) is 20.3 Å². The Morgan fingerprint density at radius 3 is 2.69 bits per heavy atom. The van der Waals surface area contributed by atoms with Crippen LogP contribution in [0.1, 0.15) is 37.7 Å². The Labute approximate surface area is 110 Å². The van der Waals surface area contributed by atoms with E-state index in [1.54, 1.807) is 7.11 Å². The van der Waals surface area contributed by atoms with Crippen molar-refractivity contribution >= 4 is 28.4 Å². The smallest absolute Gasteiger partial charge is 0.140 e. The summed E-state index contributed by atoms with van der Waals surface area (Å²) in [5.41, 5.74) is 6.94. The van der Waals surface area contributed by atoms with Crippen LogP contribution in [0.25, 0.3) is 0 Å². The van der Waals surface area contributed by atoms with E-state index in [1.165, 1.54) is 0 Å². The van der Waals surface area contributed by atoms with Gasteiger partial charge in [0.25, 0.3) is 0 Å². The van der Waals surface area contributed by atoms with Crippen LogP contribution >= 0.6 is 22.6 Å². The van der Waals surface area contributed by atoms with Crippen LogP contribution in [0, 0.1) is 3.57 Å². The third-order valence-electron chi connectivity index (χ3n) is 2.31. The predicted molar refractivity (Wildman–Crippen MR) is 73.4 cm³/mol. The number of hydrogen-bond acceptors (Lipinski definition) is 4. The number of rotatable bonds is 5. The Hall–Kier alpha value is -0.430. The van der Waals surface area contributed by atoms with Crippen LogP contribution in [0.3, 0.4) is 0 Å². The molecule has 1 unspecified atom stereocenters. The van der Waals surface area contributed by atoms with E-state index in [0.717, 1.165) is 27.9 Å². The highest BCUT2D eigenvalue weighted by Crippen LogP contribution is 2.21. The zero-order valence-electron chi connectivity index (χ0n) is 9.96. The van der Waals surface area contributed by atoms with Crippen molar-refractivity contribution < 1.29 is 4.74 Å². The van der Waals surface area contributed by atoms with Gasteiger partial charge in [0.05, 0.1) is 15.9 Å². The highest BCUT2D eigenvalue weighted by atomic mass is 127. The maximum Gasteiger partial charge on any atom is 0.140 e. The summed E-state index contributed by atoms with van der Waals surface area (Å²) in [5, 5.41) is 0. The number of nitrogens with two attached hydrogens (primary N) is 1. The second kappa shape index (κ2) is 6.34. The van der Waals surface area contributed by atoms with E-state index in [2.05, 4.69) is 39.5 Å². The fourth-order valence-electron chi connectivity index (χ4n) is 1.48. The van der Waals surface area contributed by atoms with Crippen molar-refractivity contribution in [3.63, 3.8) is 0 Å². The summed E-state index contributed by atoms with van der Waals surface area (Å²) in [6, 6.07) is 0. The maximum absolute atomic E-state index is 5.89. The molecular weight excluding hydrogens is 317 g/mol. The average Bonchev–Trinajstić information content (AvgIpc) is 2.25. The molecule has 5 heteroatoms. The van der Waals surface area contributed by atoms with E-state index >= 15 is 0 Å². The Kier molecular flexibility index (Phi) is 5.40. The first-order valence-electron chi connectivity index (χ1n) is 5.40. The highest BCUT2D eigenvalue weighted by Gasteiger charge is 2.14. The number of nitrogen functional groups attached to an aromatic ring is 1. The molecule has 1 aromatic heterocycles. The SMILES string of the molecule is CCCc1nc(C(C)COC)nc(N)c1I. The topological polar surface area (TPSA) is 61.0 Å². The molecule has 1 aromatic rings. The largest absolute Gasteiger partial charge is 0.384 e. The van der Waals surface area contributed by atoms with Crippen molar-refractivity contribution in [1.29, 1.82) is 0 Å². The van der Waals surface area contributed by atoms with Gasteiger partial charge >= 0.3 is 0 Å². The van der Waals surface area contributed by atoms with Gasteiger partial charge in [-0.15, -0.1) is 0 Å². The molecular formula is C11H18IN3O. The molecule has 4 nitrogen and oxygen atoms in total. The lowest BCUT2D eigenvalue weighted by Gasteiger charge is -2.12. The van der Waals surface area contributed by atoms with Crippen molar-refractivity contribution in [1.82, 2.24) is 9.97 Å². The minimum absolute atomic E-state index is 0.180. The van der Waals surface area contributed by atoms with E-state index in [9.17, 15) is 0 Å². The first-order chi connectivity index (χ1) is 7.60. The molecule has 0 amide bonds. The van der Waals surface area contributed by atoms with Gasteiger partial charge in [0.1, 0.15) is 11.6 Å². The number of methoxy groups -OCH3 is 1. The molecule has 0 bridgehead atoms. The molecule has 0 aliphatic rings. The van der Waals surface area contributed by atoms with Crippen LogP contribution in [-0.4, -0.2) is 23.7 Å². The summed E-state index contributed by atoms with van der Waals surface area (Å²) in [7, 11) is 1.68. The summed E-state index contributed by atoms with van der Waals surface area (Å²) >= 11 is 2.21. The van der Waals surface area contributed by atoms with Crippen LogP contribution in [0.2, 0.25) is 0 Å². The third-order valence-corrected chi connectivity index (χ3v) is 3.48. The second-order valence-electron chi connectivity index (χ2n) is 3.83. The van der Waals surface area contributed by atoms with Crippen molar-refractivity contribution in [3.05, 3.63) is 15.1 Å². The van der Waals surface area contributed by atoms with Gasteiger partial charge in [-0.2, -0.15) is 0 Å². The number of ether oxygens (including phenoxy) is 1. The summed E-state index contributed by atoms with van der Waals surface area (Å²) in [5.74, 6) is 1.54. The van der Waals surface area contributed by atoms with E-state index in [1.807, 2.05) is 6.92 Å². The Bertz CT molecular complexity index is 357. The Balaban J connectivity index is 3.03. The summed E-state index contributed by atoms with van der Waals surface area (Å²) in [6.07, 6.45) is 2.00. The monoisotopic (exact) mass is 335 g/mol. The molecule has 2 N–H and O–H groups in total. The maximum atomic E-state index is 5.89. The molecule has 1 heterocycles. The van der Waals surface area contributed by atoms with Gasteiger partial charge in [0.15, 0.2) is 0 Å². The minimum Gasteiger partial charge on any atom is -0.384 e. The van der Waals surface area contributed by atoms with E-state index in [-0.39, 0.29) is 5.92 Å². The van der Waals surface area contributed by atoms with Gasteiger partial charge in [-0.3, -0.25) is 0 Å². The summed E-state index contributed by atoms with van der Waals surface area (Å²) < 4.78 is 6.08. The fraction of sp³-hybridized carbons (Fsp3) is 0.636. The molecule has 0 aliphatic carbocycles. The molecule has 0 aliphatic heterocycles. The van der Waals surface area contributed by atoms with Crippen LogP contribution in [0.4, 0.5) is 5.82 Å². The molecule has 0 spiro atoms. The Morgan fingerprint density at radius 1 is 1.44 bits per heavy atom. The van der Waals surface area contributed by atoms with Crippen molar-refractivity contribution in [3.8, 4) is 0 Å². The van der Waals surface area contributed by atoms with Gasteiger partial charge in [-0.05, 0) is 29.0 Å². The molecule has 1 rings (SSSR count). The number of nitrogens with zero attached hydrogens (tertiary/aromatic N) is 2. The molecule has 1 atom stereocenters. The van der Waals surface area contributed by atoms with Crippen molar-refractivity contribution in [2.24, 2.45) is 0 Å². The third kappa shape index (κ3) is 3.28. The number of hydrogen-bond donors (Lipinski definition) is 1. The highest BCUT2D eigenvalue weighted by molar-refractivity contribution is 14.1. The van der Waals surface area contributed by atoms with Gasteiger partial charge in [0, 0.05) is 13.0 Å². The molecule has 0 saturated carbocycles.